The zero-order chi connectivity index (χ0) is 23.5. The van der Waals surface area contributed by atoms with E-state index in [1.165, 1.54) is 56.4 Å². The van der Waals surface area contributed by atoms with Crippen molar-refractivity contribution < 1.29 is 13.9 Å². The van der Waals surface area contributed by atoms with Gasteiger partial charge in [0.2, 0.25) is 5.91 Å². The first kappa shape index (κ1) is 23.6. The Morgan fingerprint density at radius 3 is 2.65 bits per heavy atom. The summed E-state index contributed by atoms with van der Waals surface area (Å²) in [6.45, 7) is 4.12. The van der Waals surface area contributed by atoms with Gasteiger partial charge in [-0.3, -0.25) is 9.36 Å². The fourth-order valence-corrected chi connectivity index (χ4v) is 7.18. The van der Waals surface area contributed by atoms with Gasteiger partial charge in [-0.15, -0.1) is 10.2 Å². The van der Waals surface area contributed by atoms with Crippen LogP contribution in [0.15, 0.2) is 29.4 Å². The number of aromatic nitrogens is 3. The van der Waals surface area contributed by atoms with Gasteiger partial charge in [0.05, 0.1) is 5.75 Å². The molecule has 6 nitrogen and oxygen atoms in total. The minimum Gasteiger partial charge on any atom is -0.483 e. The molecule has 0 spiro atoms. The number of likely N-dealkylation sites (tertiary alicyclic amines) is 1. The number of para-hydroxylation sites is 1. The molecule has 0 N–H and O–H groups in total. The zero-order valence-electron chi connectivity index (χ0n) is 20.0. The number of amides is 1. The predicted octanol–water partition coefficient (Wildman–Crippen LogP) is 5.49. The molecule has 1 aromatic heterocycles. The number of halogens is 1. The lowest BCUT2D eigenvalue weighted by molar-refractivity contribution is -0.128. The normalized spacial score (nSPS) is 25.4. The summed E-state index contributed by atoms with van der Waals surface area (Å²) in [5.74, 6) is 3.26. The van der Waals surface area contributed by atoms with Gasteiger partial charge in [0.15, 0.2) is 22.5 Å². The van der Waals surface area contributed by atoms with E-state index in [2.05, 4.69) is 21.7 Å². The summed E-state index contributed by atoms with van der Waals surface area (Å²) in [7, 11) is 0. The fourth-order valence-electron chi connectivity index (χ4n) is 6.23. The lowest BCUT2D eigenvalue weighted by atomic mass is 9.84. The van der Waals surface area contributed by atoms with Gasteiger partial charge in [-0.05, 0) is 68.9 Å². The van der Waals surface area contributed by atoms with E-state index in [0.717, 1.165) is 42.9 Å². The molecule has 34 heavy (non-hydrogen) atoms. The van der Waals surface area contributed by atoms with Crippen LogP contribution in [0, 0.1) is 23.6 Å². The molecule has 1 aromatic carbocycles. The van der Waals surface area contributed by atoms with Crippen molar-refractivity contribution in [3.05, 3.63) is 35.9 Å². The second kappa shape index (κ2) is 10.7. The van der Waals surface area contributed by atoms with Gasteiger partial charge < -0.3 is 9.64 Å². The highest BCUT2D eigenvalue weighted by atomic mass is 32.2. The maximum atomic E-state index is 14.1. The maximum absolute atomic E-state index is 14.1. The molecule has 8 heteroatoms. The zero-order valence-corrected chi connectivity index (χ0v) is 20.8. The number of ether oxygens (including phenoxy) is 1. The standard InChI is InChI=1S/C26H35FN4O2S/c1-18(21-15-19-10-11-20(21)14-19)31-24(16-33-23-9-5-4-8-22(23)27)28-29-26(31)34-17-25(32)30-12-6-2-3-7-13-30/h4-5,8-9,18-21H,2-3,6-7,10-17H2,1H3/t18-,19-,20-,21+/m0/s1. The molecule has 4 atom stereocenters. The van der Waals surface area contributed by atoms with Crippen molar-refractivity contribution in [1.82, 2.24) is 19.7 Å². The van der Waals surface area contributed by atoms with Crippen molar-refractivity contribution in [2.24, 2.45) is 17.8 Å². The van der Waals surface area contributed by atoms with Crippen LogP contribution in [-0.2, 0) is 11.4 Å². The highest BCUT2D eigenvalue weighted by molar-refractivity contribution is 7.99. The second-order valence-electron chi connectivity index (χ2n) is 10.2. The van der Waals surface area contributed by atoms with E-state index in [1.54, 1.807) is 18.2 Å². The molecule has 2 bridgehead atoms. The number of rotatable bonds is 8. The summed E-state index contributed by atoms with van der Waals surface area (Å²) < 4.78 is 22.1. The van der Waals surface area contributed by atoms with Gasteiger partial charge >= 0.3 is 0 Å². The number of benzene rings is 1. The molecule has 0 radical (unpaired) electrons. The Hall–Kier alpha value is -2.09. The van der Waals surface area contributed by atoms with Crippen LogP contribution in [-0.4, -0.2) is 44.4 Å². The Morgan fingerprint density at radius 2 is 1.94 bits per heavy atom. The predicted molar refractivity (Wildman–Crippen MR) is 130 cm³/mol. The lowest BCUT2D eigenvalue weighted by Gasteiger charge is -2.30. The number of fused-ring (bicyclic) bond motifs is 2. The monoisotopic (exact) mass is 486 g/mol. The van der Waals surface area contributed by atoms with Gasteiger partial charge in [-0.2, -0.15) is 0 Å². The third kappa shape index (κ3) is 5.11. The summed E-state index contributed by atoms with van der Waals surface area (Å²) in [4.78, 5) is 14.9. The van der Waals surface area contributed by atoms with Crippen LogP contribution in [0.5, 0.6) is 5.75 Å². The molecule has 3 aliphatic rings. The average molecular weight is 487 g/mol. The number of thioether (sulfide) groups is 1. The highest BCUT2D eigenvalue weighted by Crippen LogP contribution is 2.52. The van der Waals surface area contributed by atoms with Crippen molar-refractivity contribution in [3.8, 4) is 5.75 Å². The van der Waals surface area contributed by atoms with Gasteiger partial charge in [-0.25, -0.2) is 4.39 Å². The van der Waals surface area contributed by atoms with Crippen LogP contribution in [0.25, 0.3) is 0 Å². The van der Waals surface area contributed by atoms with Crippen LogP contribution in [0.2, 0.25) is 0 Å². The SMILES string of the molecule is C[C@@H]([C@H]1C[C@H]2CC[C@H]1C2)n1c(COc2ccccc2F)nnc1SCC(=O)N1CCCCCC1. The number of hydrogen-bond donors (Lipinski definition) is 0. The smallest absolute Gasteiger partial charge is 0.233 e. The first-order valence-electron chi connectivity index (χ1n) is 12.8. The average Bonchev–Trinajstić information content (AvgIpc) is 3.52. The van der Waals surface area contributed by atoms with E-state index in [9.17, 15) is 9.18 Å². The molecule has 1 aliphatic heterocycles. The van der Waals surface area contributed by atoms with Crippen LogP contribution in [0.3, 0.4) is 0 Å². The Labute approximate surface area is 205 Å². The van der Waals surface area contributed by atoms with Crippen LogP contribution < -0.4 is 4.74 Å². The van der Waals surface area contributed by atoms with Crippen LogP contribution in [0.1, 0.15) is 70.2 Å². The first-order chi connectivity index (χ1) is 16.6. The van der Waals surface area contributed by atoms with Crippen LogP contribution in [0.4, 0.5) is 4.39 Å². The molecule has 184 valence electrons. The molecule has 1 amide bonds. The fraction of sp³-hybridized carbons (Fsp3) is 0.654. The molecule has 2 heterocycles. The van der Waals surface area contributed by atoms with Crippen molar-refractivity contribution in [3.63, 3.8) is 0 Å². The lowest BCUT2D eigenvalue weighted by Crippen LogP contribution is -2.33. The summed E-state index contributed by atoms with van der Waals surface area (Å²) in [6.07, 6.45) is 9.82. The molecule has 1 saturated heterocycles. The Morgan fingerprint density at radius 1 is 1.15 bits per heavy atom. The molecule has 3 fully saturated rings. The third-order valence-corrected chi connectivity index (χ3v) is 8.96. The second-order valence-corrected chi connectivity index (χ2v) is 11.1. The van der Waals surface area contributed by atoms with E-state index in [-0.39, 0.29) is 30.1 Å². The summed E-state index contributed by atoms with van der Waals surface area (Å²) in [6, 6.07) is 6.66. The minimum absolute atomic E-state index is 0.153. The maximum Gasteiger partial charge on any atom is 0.233 e. The first-order valence-corrected chi connectivity index (χ1v) is 13.8. The number of carbonyl (C=O) groups is 1. The largest absolute Gasteiger partial charge is 0.483 e. The van der Waals surface area contributed by atoms with Crippen molar-refractivity contribution >= 4 is 17.7 Å². The summed E-state index contributed by atoms with van der Waals surface area (Å²) >= 11 is 1.48. The quantitative estimate of drug-likeness (QED) is 0.462. The number of carbonyl (C=O) groups excluding carboxylic acids is 1. The summed E-state index contributed by atoms with van der Waals surface area (Å²) in [5, 5.41) is 9.68. The Bertz CT molecular complexity index is 991. The van der Waals surface area contributed by atoms with Gasteiger partial charge in [0.25, 0.3) is 0 Å². The molecule has 2 aliphatic carbocycles. The van der Waals surface area contributed by atoms with Gasteiger partial charge in [0, 0.05) is 19.1 Å². The third-order valence-electron chi connectivity index (χ3n) is 8.03. The number of hydrogen-bond acceptors (Lipinski definition) is 5. The topological polar surface area (TPSA) is 60.2 Å². The van der Waals surface area contributed by atoms with Crippen molar-refractivity contribution in [2.45, 2.75) is 76.1 Å². The van der Waals surface area contributed by atoms with E-state index in [1.807, 2.05) is 4.90 Å². The molecule has 2 aromatic rings. The number of nitrogens with zero attached hydrogens (tertiary/aromatic N) is 4. The minimum atomic E-state index is -0.382. The van der Waals surface area contributed by atoms with E-state index < -0.39 is 0 Å². The van der Waals surface area contributed by atoms with Crippen molar-refractivity contribution in [1.29, 1.82) is 0 Å². The van der Waals surface area contributed by atoms with E-state index >= 15 is 0 Å². The van der Waals surface area contributed by atoms with Gasteiger partial charge in [-0.1, -0.05) is 43.2 Å². The van der Waals surface area contributed by atoms with Gasteiger partial charge in [0.1, 0.15) is 6.61 Å². The Kier molecular flexibility index (Phi) is 7.42. The highest BCUT2D eigenvalue weighted by Gasteiger charge is 2.43. The molecule has 2 saturated carbocycles. The molecular formula is C26H35FN4O2S. The van der Waals surface area contributed by atoms with E-state index in [0.29, 0.717) is 17.5 Å². The Balaban J connectivity index is 1.32. The van der Waals surface area contributed by atoms with Crippen LogP contribution >= 0.6 is 11.8 Å². The molecule has 0 unspecified atom stereocenters. The van der Waals surface area contributed by atoms with E-state index in [4.69, 9.17) is 4.74 Å². The molecular weight excluding hydrogens is 451 g/mol. The summed E-state index contributed by atoms with van der Waals surface area (Å²) in [5.41, 5.74) is 0. The molecule has 5 rings (SSSR count). The van der Waals surface area contributed by atoms with Crippen molar-refractivity contribution in [2.75, 3.05) is 18.8 Å².